The highest BCUT2D eigenvalue weighted by Gasteiger charge is 2.36. The van der Waals surface area contributed by atoms with Crippen molar-refractivity contribution in [3.8, 4) is 0 Å². The van der Waals surface area contributed by atoms with Crippen molar-refractivity contribution in [1.82, 2.24) is 19.8 Å². The van der Waals surface area contributed by atoms with Gasteiger partial charge in [0.05, 0.1) is 17.3 Å². The van der Waals surface area contributed by atoms with Crippen molar-refractivity contribution in [1.29, 1.82) is 0 Å². The van der Waals surface area contributed by atoms with Crippen LogP contribution in [-0.2, 0) is 17.8 Å². The maximum atomic E-state index is 13.2. The fraction of sp³-hybridized carbons (Fsp3) is 0.720. The second kappa shape index (κ2) is 8.89. The minimum absolute atomic E-state index is 0.00813. The molecule has 0 radical (unpaired) electrons. The number of aromatic amines is 1. The van der Waals surface area contributed by atoms with Crippen molar-refractivity contribution >= 4 is 5.91 Å². The van der Waals surface area contributed by atoms with Crippen LogP contribution in [0.4, 0.5) is 0 Å². The number of allylic oxidation sites excluding steroid dienone is 2. The van der Waals surface area contributed by atoms with E-state index in [0.717, 1.165) is 75.3 Å². The monoisotopic (exact) mass is 424 g/mol. The van der Waals surface area contributed by atoms with Crippen LogP contribution in [0.25, 0.3) is 0 Å². The number of amides is 1. The van der Waals surface area contributed by atoms with Gasteiger partial charge >= 0.3 is 0 Å². The molecule has 1 N–H and O–H groups in total. The summed E-state index contributed by atoms with van der Waals surface area (Å²) >= 11 is 0. The Morgan fingerprint density at radius 2 is 1.94 bits per heavy atom. The van der Waals surface area contributed by atoms with E-state index in [2.05, 4.69) is 29.0 Å². The number of rotatable bonds is 3. The normalized spacial score (nSPS) is 31.6. The number of hydrogen-bond donors (Lipinski definition) is 1. The molecule has 1 saturated carbocycles. The van der Waals surface area contributed by atoms with E-state index in [4.69, 9.17) is 4.98 Å². The highest BCUT2D eigenvalue weighted by Crippen LogP contribution is 2.34. The average Bonchev–Trinajstić information content (AvgIpc) is 3.29. The van der Waals surface area contributed by atoms with E-state index >= 15 is 0 Å². The van der Waals surface area contributed by atoms with Gasteiger partial charge in [-0.15, -0.1) is 0 Å². The maximum Gasteiger partial charge on any atom is 0.255 e. The predicted octanol–water partition coefficient (Wildman–Crippen LogP) is 3.73. The van der Waals surface area contributed by atoms with E-state index in [-0.39, 0.29) is 23.4 Å². The summed E-state index contributed by atoms with van der Waals surface area (Å²) in [6, 6.07) is 0.533. The molecule has 3 heterocycles. The number of H-pyrrole nitrogens is 1. The number of nitrogens with one attached hydrogen (secondary N) is 1. The van der Waals surface area contributed by atoms with Crippen LogP contribution in [0.1, 0.15) is 87.8 Å². The van der Waals surface area contributed by atoms with E-state index in [1.807, 2.05) is 4.90 Å². The third kappa shape index (κ3) is 4.23. The predicted molar refractivity (Wildman–Crippen MR) is 121 cm³/mol. The summed E-state index contributed by atoms with van der Waals surface area (Å²) in [5.41, 5.74) is 1.81. The average molecular weight is 425 g/mol. The highest BCUT2D eigenvalue weighted by molar-refractivity contribution is 5.80. The number of fused-ring (bicyclic) bond motifs is 1. The van der Waals surface area contributed by atoms with Gasteiger partial charge in [-0.2, -0.15) is 0 Å². The first kappa shape index (κ1) is 20.9. The van der Waals surface area contributed by atoms with Gasteiger partial charge in [0, 0.05) is 38.0 Å². The zero-order chi connectivity index (χ0) is 21.4. The molecular weight excluding hydrogens is 388 g/mol. The van der Waals surface area contributed by atoms with Crippen molar-refractivity contribution < 1.29 is 4.79 Å². The molecule has 0 aromatic carbocycles. The van der Waals surface area contributed by atoms with Crippen molar-refractivity contribution in [2.24, 2.45) is 11.8 Å². The van der Waals surface area contributed by atoms with Crippen LogP contribution in [-0.4, -0.2) is 44.8 Å². The second-order valence-electron chi connectivity index (χ2n) is 10.2. The first-order chi connectivity index (χ1) is 15.1. The lowest BCUT2D eigenvalue weighted by atomic mass is 9.86. The Bertz CT molecular complexity index is 899. The summed E-state index contributed by atoms with van der Waals surface area (Å²) in [5.74, 6) is 1.87. The van der Waals surface area contributed by atoms with Crippen LogP contribution in [0.2, 0.25) is 0 Å². The van der Waals surface area contributed by atoms with Crippen molar-refractivity contribution in [3.05, 3.63) is 39.6 Å². The molecule has 6 nitrogen and oxygen atoms in total. The number of likely N-dealkylation sites (tertiary alicyclic amines) is 1. The smallest absolute Gasteiger partial charge is 0.255 e. The van der Waals surface area contributed by atoms with Crippen LogP contribution >= 0.6 is 0 Å². The molecule has 2 atom stereocenters. The Morgan fingerprint density at radius 1 is 1.10 bits per heavy atom. The van der Waals surface area contributed by atoms with Gasteiger partial charge in [0.15, 0.2) is 0 Å². The Morgan fingerprint density at radius 3 is 2.71 bits per heavy atom. The molecule has 1 aromatic rings. The van der Waals surface area contributed by atoms with Crippen LogP contribution in [0, 0.1) is 11.8 Å². The molecular formula is C25H36N4O2. The molecule has 1 amide bonds. The lowest BCUT2D eigenvalue weighted by molar-refractivity contribution is -0.136. The number of carbonyl (C=O) groups is 1. The summed E-state index contributed by atoms with van der Waals surface area (Å²) in [4.78, 5) is 38.8. The number of hydrogen-bond acceptors (Lipinski definition) is 4. The van der Waals surface area contributed by atoms with E-state index in [0.29, 0.717) is 11.9 Å². The molecule has 5 rings (SSSR count). The third-order valence-electron chi connectivity index (χ3n) is 8.09. The zero-order valence-electron chi connectivity index (χ0n) is 18.8. The van der Waals surface area contributed by atoms with Gasteiger partial charge in [0.25, 0.3) is 5.56 Å². The molecule has 4 aliphatic rings. The van der Waals surface area contributed by atoms with Gasteiger partial charge < -0.3 is 9.88 Å². The molecule has 2 aliphatic carbocycles. The summed E-state index contributed by atoms with van der Waals surface area (Å²) in [5, 5.41) is 0. The molecule has 1 aromatic heterocycles. The molecule has 1 saturated heterocycles. The van der Waals surface area contributed by atoms with Crippen LogP contribution < -0.4 is 5.56 Å². The molecule has 0 spiro atoms. The van der Waals surface area contributed by atoms with Crippen molar-refractivity contribution in [2.45, 2.75) is 89.8 Å². The number of carbonyl (C=O) groups excluding carboxylic acids is 1. The van der Waals surface area contributed by atoms with Crippen molar-refractivity contribution in [3.63, 3.8) is 0 Å². The Hall–Kier alpha value is -1.95. The van der Waals surface area contributed by atoms with Crippen molar-refractivity contribution in [2.75, 3.05) is 13.1 Å². The highest BCUT2D eigenvalue weighted by atomic mass is 16.2. The molecule has 2 aliphatic heterocycles. The molecule has 31 heavy (non-hydrogen) atoms. The van der Waals surface area contributed by atoms with Gasteiger partial charge in [0.1, 0.15) is 5.82 Å². The first-order valence-electron chi connectivity index (χ1n) is 12.4. The van der Waals surface area contributed by atoms with E-state index < -0.39 is 0 Å². The van der Waals surface area contributed by atoms with Crippen LogP contribution in [0.3, 0.4) is 0 Å². The Kier molecular flexibility index (Phi) is 6.00. The van der Waals surface area contributed by atoms with E-state index in [1.165, 1.54) is 25.7 Å². The molecule has 168 valence electrons. The molecule has 2 unspecified atom stereocenters. The lowest BCUT2D eigenvalue weighted by Crippen LogP contribution is -2.44. The summed E-state index contributed by atoms with van der Waals surface area (Å²) in [7, 11) is 0. The standard InChI is InChI=1S/C25H36N4O2/c1-17-9-11-19(12-10-17)28-15-13-21-20(16-28)24(30)27-23(26-21)22-8-5-14-29(22)25(31)18-6-3-2-4-7-18/h2-3,17-19,22H,4-16H2,1H3,(H,26,27,30). The fourth-order valence-electron chi connectivity index (χ4n) is 6.11. The Balaban J connectivity index is 1.32. The van der Waals surface area contributed by atoms with E-state index in [1.54, 1.807) is 0 Å². The largest absolute Gasteiger partial charge is 0.332 e. The van der Waals surface area contributed by atoms with Gasteiger partial charge in [-0.05, 0) is 63.7 Å². The minimum atomic E-state index is -0.0748. The number of aromatic nitrogens is 2. The fourth-order valence-corrected chi connectivity index (χ4v) is 6.11. The summed E-state index contributed by atoms with van der Waals surface area (Å²) < 4.78 is 0. The quantitative estimate of drug-likeness (QED) is 0.751. The number of nitrogens with zero attached hydrogens (tertiary/aromatic N) is 3. The van der Waals surface area contributed by atoms with Crippen LogP contribution in [0.5, 0.6) is 0 Å². The molecule has 2 fully saturated rings. The SMILES string of the molecule is CC1CCC(N2CCc3nc(C4CCCN4C(=O)C4CC=CCC4)[nH]c(=O)c3C2)CC1. The summed E-state index contributed by atoms with van der Waals surface area (Å²) in [6.45, 7) is 4.83. The molecule has 0 bridgehead atoms. The third-order valence-corrected chi connectivity index (χ3v) is 8.09. The molecule has 6 heteroatoms. The summed E-state index contributed by atoms with van der Waals surface area (Å²) in [6.07, 6.45) is 14.9. The Labute approximate surface area is 185 Å². The van der Waals surface area contributed by atoms with E-state index in [9.17, 15) is 9.59 Å². The second-order valence-corrected chi connectivity index (χ2v) is 10.2. The zero-order valence-corrected chi connectivity index (χ0v) is 18.8. The van der Waals surface area contributed by atoms with Gasteiger partial charge in [-0.3, -0.25) is 14.5 Å². The van der Waals surface area contributed by atoms with Crippen LogP contribution in [0.15, 0.2) is 16.9 Å². The first-order valence-corrected chi connectivity index (χ1v) is 12.4. The van der Waals surface area contributed by atoms with Gasteiger partial charge in [-0.1, -0.05) is 19.1 Å². The van der Waals surface area contributed by atoms with Gasteiger partial charge in [-0.25, -0.2) is 4.98 Å². The topological polar surface area (TPSA) is 69.3 Å². The minimum Gasteiger partial charge on any atom is -0.332 e. The maximum absolute atomic E-state index is 13.2. The van der Waals surface area contributed by atoms with Gasteiger partial charge in [0.2, 0.25) is 5.91 Å². The lowest BCUT2D eigenvalue weighted by Gasteiger charge is -2.38.